The molecule has 0 saturated heterocycles. The molecular weight excluding hydrogens is 344 g/mol. The van der Waals surface area contributed by atoms with Gasteiger partial charge in [0.25, 0.3) is 0 Å². The molecule has 0 saturated carbocycles. The van der Waals surface area contributed by atoms with E-state index in [1.54, 1.807) is 0 Å². The van der Waals surface area contributed by atoms with E-state index in [2.05, 4.69) is 0 Å². The van der Waals surface area contributed by atoms with E-state index in [9.17, 15) is 0 Å². The average Bonchev–Trinajstić information content (AvgIpc) is 1.65. The molecule has 0 heterocycles. The summed E-state index contributed by atoms with van der Waals surface area (Å²) in [5.74, 6) is 0. The topological polar surface area (TPSA) is 60.7 Å². The first-order valence-electron chi connectivity index (χ1n) is 1.71. The minimum atomic E-state index is -0.954. The predicted octanol–water partition coefficient (Wildman–Crippen LogP) is -7.66. The maximum atomic E-state index is 8.17. The molecule has 0 aromatic rings. The number of hydrogen-bond donors (Lipinski definition) is 3. The normalized spacial score (nSPS) is 7.50. The molecule has 0 radical (unpaired) electrons. The number of rotatable bonds is 2. The van der Waals surface area contributed by atoms with Crippen molar-refractivity contribution in [3.8, 4) is 0 Å². The van der Waals surface area contributed by atoms with Gasteiger partial charge in [-0.2, -0.15) is 0 Å². The first-order valence-corrected chi connectivity index (χ1v) is 1.71. The van der Waals surface area contributed by atoms with E-state index in [0.717, 1.165) is 0 Å². The second-order valence-corrected chi connectivity index (χ2v) is 1.02. The molecular formula is C3H8CsIO3. The van der Waals surface area contributed by atoms with Gasteiger partial charge in [0, 0.05) is 0 Å². The molecule has 0 aliphatic rings. The number of hydrogen-bond acceptors (Lipinski definition) is 3. The Kier molecular flexibility index (Phi) is 26.2. The van der Waals surface area contributed by atoms with Crippen molar-refractivity contribution in [2.24, 2.45) is 0 Å². The molecule has 5 heteroatoms. The first kappa shape index (κ1) is 17.0. The number of aliphatic hydroxyl groups excluding tert-OH is 3. The van der Waals surface area contributed by atoms with Crippen molar-refractivity contribution in [2.45, 2.75) is 6.10 Å². The Bertz CT molecular complexity index is 33.7. The van der Waals surface area contributed by atoms with E-state index in [0.29, 0.717) is 0 Å². The fraction of sp³-hybridized carbons (Fsp3) is 1.00. The summed E-state index contributed by atoms with van der Waals surface area (Å²) in [6.07, 6.45) is -0.954. The van der Waals surface area contributed by atoms with E-state index in [1.165, 1.54) is 0 Å². The van der Waals surface area contributed by atoms with Crippen molar-refractivity contribution in [1.29, 1.82) is 0 Å². The molecule has 0 unspecified atom stereocenters. The van der Waals surface area contributed by atoms with Crippen LogP contribution in [-0.4, -0.2) is 34.6 Å². The van der Waals surface area contributed by atoms with E-state index in [4.69, 9.17) is 15.3 Å². The van der Waals surface area contributed by atoms with Gasteiger partial charge in [0.15, 0.2) is 0 Å². The van der Waals surface area contributed by atoms with Crippen LogP contribution < -0.4 is 92.9 Å². The third-order valence-corrected chi connectivity index (χ3v) is 0.421. The molecule has 0 spiro atoms. The molecule has 0 rings (SSSR count). The van der Waals surface area contributed by atoms with Gasteiger partial charge in [0.2, 0.25) is 0 Å². The Labute approximate surface area is 124 Å². The summed E-state index contributed by atoms with van der Waals surface area (Å²) in [4.78, 5) is 0. The zero-order chi connectivity index (χ0) is 4.99. The van der Waals surface area contributed by atoms with E-state index >= 15 is 0 Å². The standard InChI is InChI=1S/C3H8O3.Cs.HI/c4-1-3(6)2-5;;/h3-6H,1-2H2;;1H/q;+1;/p-1. The summed E-state index contributed by atoms with van der Waals surface area (Å²) < 4.78 is 0. The molecule has 0 aliphatic carbocycles. The number of halogens is 1. The van der Waals surface area contributed by atoms with Gasteiger partial charge in [-0.15, -0.1) is 0 Å². The van der Waals surface area contributed by atoms with Gasteiger partial charge in [0.1, 0.15) is 6.10 Å². The van der Waals surface area contributed by atoms with E-state index in [1.807, 2.05) is 0 Å². The molecule has 0 amide bonds. The van der Waals surface area contributed by atoms with Crippen molar-refractivity contribution < 1.29 is 108 Å². The minimum Gasteiger partial charge on any atom is -1.00 e. The van der Waals surface area contributed by atoms with Crippen LogP contribution in [0.5, 0.6) is 0 Å². The van der Waals surface area contributed by atoms with Crippen LogP contribution in [0.15, 0.2) is 0 Å². The summed E-state index contributed by atoms with van der Waals surface area (Å²) >= 11 is 0. The maximum Gasteiger partial charge on any atom is 1.00 e. The molecule has 8 heavy (non-hydrogen) atoms. The molecule has 0 atom stereocenters. The Balaban J connectivity index is -0.000000125. The summed E-state index contributed by atoms with van der Waals surface area (Å²) in [5.41, 5.74) is 0. The van der Waals surface area contributed by atoms with E-state index < -0.39 is 6.10 Å². The Morgan fingerprint density at radius 1 is 1.12 bits per heavy atom. The van der Waals surface area contributed by atoms with Crippen LogP contribution in [0.25, 0.3) is 0 Å². The Hall–Kier alpha value is 2.66. The van der Waals surface area contributed by atoms with Gasteiger partial charge in [0.05, 0.1) is 13.2 Å². The molecule has 0 fully saturated rings. The fourth-order valence-electron chi connectivity index (χ4n) is 0.0577. The van der Waals surface area contributed by atoms with Gasteiger partial charge < -0.3 is 39.3 Å². The molecule has 0 aromatic heterocycles. The summed E-state index contributed by atoms with van der Waals surface area (Å²) in [5, 5.41) is 24.0. The second kappa shape index (κ2) is 12.3. The fourth-order valence-corrected chi connectivity index (χ4v) is 0.0577. The summed E-state index contributed by atoms with van der Waals surface area (Å²) in [7, 11) is 0. The van der Waals surface area contributed by atoms with Crippen molar-refractivity contribution in [1.82, 2.24) is 0 Å². The van der Waals surface area contributed by atoms with Crippen molar-refractivity contribution >= 4 is 0 Å². The van der Waals surface area contributed by atoms with Crippen molar-refractivity contribution in [2.75, 3.05) is 13.2 Å². The van der Waals surface area contributed by atoms with Crippen LogP contribution >= 0.6 is 0 Å². The summed E-state index contributed by atoms with van der Waals surface area (Å²) in [6, 6.07) is 0. The molecule has 0 aromatic carbocycles. The van der Waals surface area contributed by atoms with Gasteiger partial charge in [-0.3, -0.25) is 0 Å². The summed E-state index contributed by atoms with van der Waals surface area (Å²) in [6.45, 7) is -0.729. The monoisotopic (exact) mass is 352 g/mol. The molecule has 3 nitrogen and oxygen atoms in total. The first-order chi connectivity index (χ1) is 2.81. The average molecular weight is 352 g/mol. The third-order valence-electron chi connectivity index (χ3n) is 0.421. The molecule has 0 aliphatic heterocycles. The van der Waals surface area contributed by atoms with Crippen LogP contribution in [0.2, 0.25) is 0 Å². The van der Waals surface area contributed by atoms with Crippen LogP contribution in [0.3, 0.4) is 0 Å². The van der Waals surface area contributed by atoms with Crippen molar-refractivity contribution in [3.63, 3.8) is 0 Å². The SMILES string of the molecule is OCC(O)CO.[Cs+].[I-]. The quantitative estimate of drug-likeness (QED) is 0.433. The van der Waals surface area contributed by atoms with Crippen LogP contribution in [0.4, 0.5) is 0 Å². The smallest absolute Gasteiger partial charge is 1.00 e. The van der Waals surface area contributed by atoms with Gasteiger partial charge in [-0.25, -0.2) is 0 Å². The van der Waals surface area contributed by atoms with Crippen LogP contribution in [-0.2, 0) is 0 Å². The predicted molar refractivity (Wildman–Crippen MR) is 20.2 cm³/mol. The largest absolute Gasteiger partial charge is 1.00 e. The third kappa shape index (κ3) is 11.5. The zero-order valence-corrected chi connectivity index (χ0v) is 13.1. The van der Waals surface area contributed by atoms with Crippen molar-refractivity contribution in [3.05, 3.63) is 0 Å². The number of aliphatic hydroxyl groups is 3. The van der Waals surface area contributed by atoms with E-state index in [-0.39, 0.29) is 106 Å². The molecule has 3 N–H and O–H groups in total. The van der Waals surface area contributed by atoms with Gasteiger partial charge in [-0.1, -0.05) is 0 Å². The second-order valence-electron chi connectivity index (χ2n) is 1.02. The molecule has 46 valence electrons. The van der Waals surface area contributed by atoms with Crippen LogP contribution in [0, 0.1) is 0 Å². The van der Waals surface area contributed by atoms with Crippen LogP contribution in [0.1, 0.15) is 0 Å². The zero-order valence-electron chi connectivity index (χ0n) is 4.71. The minimum absolute atomic E-state index is 0. The molecule has 0 bridgehead atoms. The maximum absolute atomic E-state index is 8.17. The Morgan fingerprint density at radius 2 is 1.38 bits per heavy atom. The van der Waals surface area contributed by atoms with Gasteiger partial charge in [-0.05, 0) is 0 Å². The van der Waals surface area contributed by atoms with Gasteiger partial charge >= 0.3 is 68.9 Å². The Morgan fingerprint density at radius 3 is 1.38 bits per heavy atom.